The molecule has 2 aromatic rings. The molecule has 0 saturated carbocycles. The summed E-state index contributed by atoms with van der Waals surface area (Å²) < 4.78 is 5.47. The normalized spacial score (nSPS) is 10.1. The van der Waals surface area contributed by atoms with Gasteiger partial charge in [0.2, 0.25) is 0 Å². The van der Waals surface area contributed by atoms with Crippen LogP contribution in [0.5, 0.6) is 11.5 Å². The SMILES string of the molecule is CCCOc1ccc(NC(=O)c2ccccc2O)cc1. The fourth-order valence-corrected chi connectivity index (χ4v) is 1.72. The molecule has 0 atom stereocenters. The van der Waals surface area contributed by atoms with Gasteiger partial charge in [0.05, 0.1) is 12.2 Å². The highest BCUT2D eigenvalue weighted by Gasteiger charge is 2.10. The average Bonchev–Trinajstić information content (AvgIpc) is 2.47. The van der Waals surface area contributed by atoms with Crippen LogP contribution in [-0.2, 0) is 0 Å². The second kappa shape index (κ2) is 6.61. The average molecular weight is 271 g/mol. The number of benzene rings is 2. The summed E-state index contributed by atoms with van der Waals surface area (Å²) in [5.74, 6) is 0.394. The Morgan fingerprint density at radius 3 is 2.50 bits per heavy atom. The number of para-hydroxylation sites is 1. The molecular weight excluding hydrogens is 254 g/mol. The van der Waals surface area contributed by atoms with E-state index in [-0.39, 0.29) is 17.2 Å². The lowest BCUT2D eigenvalue weighted by Gasteiger charge is -2.08. The minimum Gasteiger partial charge on any atom is -0.507 e. The Bertz CT molecular complexity index is 579. The number of hydrogen-bond donors (Lipinski definition) is 2. The third-order valence-electron chi connectivity index (χ3n) is 2.73. The number of ether oxygens (including phenoxy) is 1. The first-order chi connectivity index (χ1) is 9.70. The van der Waals surface area contributed by atoms with Gasteiger partial charge in [-0.2, -0.15) is 0 Å². The van der Waals surface area contributed by atoms with Gasteiger partial charge in [0.25, 0.3) is 5.91 Å². The van der Waals surface area contributed by atoms with Crippen molar-refractivity contribution < 1.29 is 14.6 Å². The molecule has 4 nitrogen and oxygen atoms in total. The van der Waals surface area contributed by atoms with E-state index in [1.807, 2.05) is 6.92 Å². The Morgan fingerprint density at radius 2 is 1.85 bits per heavy atom. The largest absolute Gasteiger partial charge is 0.507 e. The molecule has 0 aliphatic rings. The monoisotopic (exact) mass is 271 g/mol. The van der Waals surface area contributed by atoms with Gasteiger partial charge in [0.1, 0.15) is 11.5 Å². The quantitative estimate of drug-likeness (QED) is 0.875. The van der Waals surface area contributed by atoms with Crippen LogP contribution in [0.3, 0.4) is 0 Å². The summed E-state index contributed by atoms with van der Waals surface area (Å²) in [6, 6.07) is 13.6. The van der Waals surface area contributed by atoms with Gasteiger partial charge in [0.15, 0.2) is 0 Å². The number of anilines is 1. The van der Waals surface area contributed by atoms with E-state index in [1.54, 1.807) is 42.5 Å². The van der Waals surface area contributed by atoms with Crippen molar-refractivity contribution >= 4 is 11.6 Å². The van der Waals surface area contributed by atoms with Crippen LogP contribution < -0.4 is 10.1 Å². The van der Waals surface area contributed by atoms with Crippen molar-refractivity contribution in [2.75, 3.05) is 11.9 Å². The Hall–Kier alpha value is -2.49. The van der Waals surface area contributed by atoms with Crippen molar-refractivity contribution in [3.8, 4) is 11.5 Å². The van der Waals surface area contributed by atoms with Crippen molar-refractivity contribution in [3.63, 3.8) is 0 Å². The molecular formula is C16H17NO3. The van der Waals surface area contributed by atoms with Gasteiger partial charge >= 0.3 is 0 Å². The molecule has 0 aromatic heterocycles. The standard InChI is InChI=1S/C16H17NO3/c1-2-11-20-13-9-7-12(8-10-13)17-16(19)14-5-3-4-6-15(14)18/h3-10,18H,2,11H2,1H3,(H,17,19). The molecule has 0 bridgehead atoms. The van der Waals surface area contributed by atoms with Crippen molar-refractivity contribution in [2.45, 2.75) is 13.3 Å². The number of amides is 1. The number of carbonyl (C=O) groups is 1. The van der Waals surface area contributed by atoms with Crippen LogP contribution in [0.4, 0.5) is 5.69 Å². The third kappa shape index (κ3) is 3.51. The fraction of sp³-hybridized carbons (Fsp3) is 0.188. The number of phenolic OH excluding ortho intramolecular Hbond substituents is 1. The lowest BCUT2D eigenvalue weighted by molar-refractivity contribution is 0.102. The van der Waals surface area contributed by atoms with Gasteiger partial charge in [-0.3, -0.25) is 4.79 Å². The van der Waals surface area contributed by atoms with Crippen LogP contribution in [-0.4, -0.2) is 17.6 Å². The maximum Gasteiger partial charge on any atom is 0.259 e. The van der Waals surface area contributed by atoms with Crippen LogP contribution in [0.2, 0.25) is 0 Å². The number of carbonyl (C=O) groups excluding carboxylic acids is 1. The second-order valence-corrected chi connectivity index (χ2v) is 4.34. The number of nitrogens with one attached hydrogen (secondary N) is 1. The predicted octanol–water partition coefficient (Wildman–Crippen LogP) is 3.43. The molecule has 0 fully saturated rings. The van der Waals surface area contributed by atoms with E-state index in [9.17, 15) is 9.90 Å². The maximum absolute atomic E-state index is 12.0. The summed E-state index contributed by atoms with van der Waals surface area (Å²) >= 11 is 0. The maximum atomic E-state index is 12.0. The molecule has 0 unspecified atom stereocenters. The zero-order valence-electron chi connectivity index (χ0n) is 11.3. The van der Waals surface area contributed by atoms with Crippen molar-refractivity contribution in [1.82, 2.24) is 0 Å². The molecule has 1 amide bonds. The summed E-state index contributed by atoms with van der Waals surface area (Å²) in [6.45, 7) is 2.71. The Labute approximate surface area is 118 Å². The van der Waals surface area contributed by atoms with E-state index in [0.717, 1.165) is 12.2 Å². The molecule has 2 aromatic carbocycles. The van der Waals surface area contributed by atoms with Crippen LogP contribution in [0.25, 0.3) is 0 Å². The van der Waals surface area contributed by atoms with E-state index in [4.69, 9.17) is 4.74 Å². The molecule has 2 N–H and O–H groups in total. The van der Waals surface area contributed by atoms with Gasteiger partial charge in [-0.1, -0.05) is 19.1 Å². The van der Waals surface area contributed by atoms with Gasteiger partial charge in [-0.25, -0.2) is 0 Å². The van der Waals surface area contributed by atoms with Crippen molar-refractivity contribution in [3.05, 3.63) is 54.1 Å². The van der Waals surface area contributed by atoms with Crippen LogP contribution in [0.15, 0.2) is 48.5 Å². The number of aromatic hydroxyl groups is 1. The van der Waals surface area contributed by atoms with Gasteiger partial charge in [-0.15, -0.1) is 0 Å². The summed E-state index contributed by atoms with van der Waals surface area (Å²) in [6.07, 6.45) is 0.950. The zero-order valence-corrected chi connectivity index (χ0v) is 11.3. The molecule has 0 aliphatic heterocycles. The highest BCUT2D eigenvalue weighted by atomic mass is 16.5. The van der Waals surface area contributed by atoms with Crippen LogP contribution in [0, 0.1) is 0 Å². The van der Waals surface area contributed by atoms with E-state index < -0.39 is 0 Å². The molecule has 0 saturated heterocycles. The van der Waals surface area contributed by atoms with Crippen molar-refractivity contribution in [1.29, 1.82) is 0 Å². The molecule has 2 rings (SSSR count). The first kappa shape index (κ1) is 13.9. The van der Waals surface area contributed by atoms with Crippen LogP contribution >= 0.6 is 0 Å². The summed E-state index contributed by atoms with van der Waals surface area (Å²) in [4.78, 5) is 12.0. The Balaban J connectivity index is 2.03. The van der Waals surface area contributed by atoms with Gasteiger partial charge in [-0.05, 0) is 42.8 Å². The van der Waals surface area contributed by atoms with Gasteiger partial charge < -0.3 is 15.2 Å². The van der Waals surface area contributed by atoms with E-state index in [1.165, 1.54) is 6.07 Å². The predicted molar refractivity (Wildman–Crippen MR) is 78.3 cm³/mol. The lowest BCUT2D eigenvalue weighted by Crippen LogP contribution is -2.11. The third-order valence-corrected chi connectivity index (χ3v) is 2.73. The topological polar surface area (TPSA) is 58.6 Å². The van der Waals surface area contributed by atoms with E-state index in [2.05, 4.69) is 5.32 Å². The smallest absolute Gasteiger partial charge is 0.259 e. The molecule has 0 heterocycles. The van der Waals surface area contributed by atoms with Crippen LogP contribution in [0.1, 0.15) is 23.7 Å². The molecule has 0 aliphatic carbocycles. The second-order valence-electron chi connectivity index (χ2n) is 4.34. The first-order valence-electron chi connectivity index (χ1n) is 6.53. The summed E-state index contributed by atoms with van der Waals surface area (Å²) in [7, 11) is 0. The highest BCUT2D eigenvalue weighted by molar-refractivity contribution is 6.06. The summed E-state index contributed by atoms with van der Waals surface area (Å²) in [5, 5.41) is 12.3. The highest BCUT2D eigenvalue weighted by Crippen LogP contribution is 2.19. The summed E-state index contributed by atoms with van der Waals surface area (Å²) in [5.41, 5.74) is 0.904. The fourth-order valence-electron chi connectivity index (χ4n) is 1.72. The van der Waals surface area contributed by atoms with Crippen molar-refractivity contribution in [2.24, 2.45) is 0 Å². The molecule has 104 valence electrons. The van der Waals surface area contributed by atoms with E-state index in [0.29, 0.717) is 12.3 Å². The minimum absolute atomic E-state index is 0.0344. The van der Waals surface area contributed by atoms with Gasteiger partial charge in [0, 0.05) is 5.69 Å². The number of rotatable bonds is 5. The zero-order chi connectivity index (χ0) is 14.4. The Morgan fingerprint density at radius 1 is 1.15 bits per heavy atom. The molecule has 20 heavy (non-hydrogen) atoms. The molecule has 0 spiro atoms. The lowest BCUT2D eigenvalue weighted by atomic mass is 10.2. The van der Waals surface area contributed by atoms with E-state index >= 15 is 0 Å². The number of phenols is 1. The molecule has 0 radical (unpaired) electrons. The molecule has 4 heteroatoms. The Kier molecular flexibility index (Phi) is 4.60. The number of hydrogen-bond acceptors (Lipinski definition) is 3. The minimum atomic E-state index is -0.342. The first-order valence-corrected chi connectivity index (χ1v) is 6.53.